The Hall–Kier alpha value is -3.13. The largest absolute Gasteiger partial charge is 0.492 e. The van der Waals surface area contributed by atoms with E-state index in [0.29, 0.717) is 0 Å². The molecule has 3 nitrogen and oxygen atoms in total. The van der Waals surface area contributed by atoms with Gasteiger partial charge >= 0.3 is 7.94 Å². The van der Waals surface area contributed by atoms with Crippen molar-refractivity contribution >= 4 is 7.94 Å². The molecule has 1 N–H and O–H groups in total. The molecule has 0 amide bonds. The van der Waals surface area contributed by atoms with Gasteiger partial charge in [0.25, 0.3) is 0 Å². The molecule has 2 aliphatic carbocycles. The number of benzene rings is 4. The van der Waals surface area contributed by atoms with Gasteiger partial charge in [0.15, 0.2) is 11.5 Å². The molecular weight excluding hydrogens is 523 g/mol. The van der Waals surface area contributed by atoms with Gasteiger partial charge in [-0.1, -0.05) is 58.7 Å². The van der Waals surface area contributed by atoms with E-state index in [9.17, 15) is 4.89 Å². The normalized spacial score (nSPS) is 16.8. The van der Waals surface area contributed by atoms with Crippen LogP contribution in [0.3, 0.4) is 0 Å². The molecular formula is C37H40O3P+. The maximum atomic E-state index is 11.9. The van der Waals surface area contributed by atoms with Crippen LogP contribution in [-0.4, -0.2) is 11.6 Å². The molecule has 0 saturated heterocycles. The molecule has 1 heterocycles. The third-order valence-electron chi connectivity index (χ3n) is 9.04. The predicted octanol–water partition coefficient (Wildman–Crippen LogP) is 9.83. The summed E-state index contributed by atoms with van der Waals surface area (Å²) >= 11 is 0. The van der Waals surface area contributed by atoms with Crippen molar-refractivity contribution in [3.05, 3.63) is 93.0 Å². The lowest BCUT2D eigenvalue weighted by atomic mass is 9.77. The summed E-state index contributed by atoms with van der Waals surface area (Å²) in [5, 5.41) is 0. The van der Waals surface area contributed by atoms with E-state index in [2.05, 4.69) is 76.2 Å². The highest BCUT2D eigenvalue weighted by molar-refractivity contribution is 7.60. The summed E-state index contributed by atoms with van der Waals surface area (Å²) in [6.45, 7) is 10.4. The van der Waals surface area contributed by atoms with Gasteiger partial charge < -0.3 is 0 Å². The van der Waals surface area contributed by atoms with Crippen molar-refractivity contribution in [1.82, 2.24) is 0 Å². The Morgan fingerprint density at radius 2 is 0.902 bits per heavy atom. The lowest BCUT2D eigenvalue weighted by molar-refractivity contribution is 0.361. The molecule has 0 spiro atoms. The first kappa shape index (κ1) is 26.7. The van der Waals surface area contributed by atoms with E-state index >= 15 is 0 Å². The van der Waals surface area contributed by atoms with Gasteiger partial charge in [-0.2, -0.15) is 4.89 Å². The van der Waals surface area contributed by atoms with Gasteiger partial charge in [0, 0.05) is 22.3 Å². The molecule has 210 valence electrons. The highest BCUT2D eigenvalue weighted by Gasteiger charge is 2.46. The van der Waals surface area contributed by atoms with E-state index < -0.39 is 7.94 Å². The van der Waals surface area contributed by atoms with Crippen molar-refractivity contribution < 1.29 is 13.9 Å². The second kappa shape index (κ2) is 10.0. The van der Waals surface area contributed by atoms with Crippen LogP contribution in [0.25, 0.3) is 33.4 Å². The van der Waals surface area contributed by atoms with E-state index in [1.54, 1.807) is 6.66 Å². The summed E-state index contributed by atoms with van der Waals surface area (Å²) in [6.07, 6.45) is 8.93. The lowest BCUT2D eigenvalue weighted by Gasteiger charge is -2.27. The molecule has 0 fully saturated rings. The standard InChI is InChI=1S/C37H40O3P/c1-22-14-23(2)17-28(16-22)32-20-26-10-6-8-12-30(26)34-35-31-13-9-7-11-27(31)21-33(29-18-24(3)15-25(4)19-29)37(35)40-41(5,38)39-36(32)34/h14-21,38H,6-13H2,1-5H3/q+1. The van der Waals surface area contributed by atoms with Crippen LogP contribution in [-0.2, 0) is 25.7 Å². The third-order valence-corrected chi connectivity index (χ3v) is 10.1. The molecule has 4 aromatic carbocycles. The summed E-state index contributed by atoms with van der Waals surface area (Å²) < 4.78 is 13.5. The van der Waals surface area contributed by atoms with E-state index in [1.807, 2.05) is 0 Å². The fourth-order valence-electron chi connectivity index (χ4n) is 7.54. The summed E-state index contributed by atoms with van der Waals surface area (Å²) in [4.78, 5) is 11.9. The third kappa shape index (κ3) is 4.78. The molecule has 1 aliphatic heterocycles. The number of aryl methyl sites for hydroxylation is 6. The Kier molecular flexibility index (Phi) is 6.53. The second-order valence-electron chi connectivity index (χ2n) is 12.7. The van der Waals surface area contributed by atoms with E-state index in [-0.39, 0.29) is 0 Å². The van der Waals surface area contributed by atoms with Gasteiger partial charge in [-0.3, -0.25) is 9.05 Å². The maximum absolute atomic E-state index is 11.9. The van der Waals surface area contributed by atoms with Gasteiger partial charge in [-0.25, -0.2) is 0 Å². The van der Waals surface area contributed by atoms with Crippen molar-refractivity contribution in [3.63, 3.8) is 0 Å². The number of fused-ring (bicyclic) bond motifs is 7. The Labute approximate surface area is 245 Å². The summed E-state index contributed by atoms with van der Waals surface area (Å²) in [6, 6.07) is 18.2. The highest BCUT2D eigenvalue weighted by atomic mass is 31.2. The van der Waals surface area contributed by atoms with Crippen LogP contribution < -0.4 is 9.05 Å². The minimum atomic E-state index is -3.26. The van der Waals surface area contributed by atoms with E-state index in [4.69, 9.17) is 9.05 Å². The zero-order valence-electron chi connectivity index (χ0n) is 25.0. The maximum Gasteiger partial charge on any atom is 0.492 e. The van der Waals surface area contributed by atoms with Gasteiger partial charge in [0.05, 0.1) is 0 Å². The summed E-state index contributed by atoms with van der Waals surface area (Å²) in [5.41, 5.74) is 17.3. The molecule has 0 radical (unpaired) electrons. The summed E-state index contributed by atoms with van der Waals surface area (Å²) in [7, 11) is -3.26. The Balaban J connectivity index is 1.63. The zero-order valence-corrected chi connectivity index (χ0v) is 25.9. The average Bonchev–Trinajstić information content (AvgIpc) is 3.04. The molecule has 4 aromatic rings. The molecule has 3 aliphatic rings. The quantitative estimate of drug-likeness (QED) is 0.247. The molecule has 41 heavy (non-hydrogen) atoms. The Bertz CT molecular complexity index is 1550. The van der Waals surface area contributed by atoms with Gasteiger partial charge in [-0.05, 0) is 125 Å². The van der Waals surface area contributed by atoms with Crippen LogP contribution in [0.15, 0.2) is 48.5 Å². The van der Waals surface area contributed by atoms with Crippen LogP contribution in [0.2, 0.25) is 0 Å². The first-order chi connectivity index (χ1) is 19.7. The Morgan fingerprint density at radius 1 is 0.537 bits per heavy atom. The molecule has 0 bridgehead atoms. The minimum absolute atomic E-state index is 0.804. The van der Waals surface area contributed by atoms with E-state index in [0.717, 1.165) is 59.4 Å². The van der Waals surface area contributed by atoms with Crippen LogP contribution in [0.1, 0.15) is 70.2 Å². The zero-order chi connectivity index (χ0) is 28.5. The van der Waals surface area contributed by atoms with Gasteiger partial charge in [0.1, 0.15) is 6.66 Å². The average molecular weight is 564 g/mol. The van der Waals surface area contributed by atoms with Gasteiger partial charge in [-0.15, -0.1) is 0 Å². The fraction of sp³-hybridized carbons (Fsp3) is 0.351. The SMILES string of the molecule is Cc1cc(C)cc(-c2cc3c(c4c2O[P+](C)(O)Oc2c(-c5cc(C)cc(C)c5)cc5c(c2-4)CCCC5)CCCC3)c1. The van der Waals surface area contributed by atoms with Crippen molar-refractivity contribution in [2.45, 2.75) is 79.1 Å². The number of hydrogen-bond donors (Lipinski definition) is 1. The van der Waals surface area contributed by atoms with E-state index in [1.165, 1.54) is 81.3 Å². The van der Waals surface area contributed by atoms with Crippen molar-refractivity contribution in [2.75, 3.05) is 6.66 Å². The molecule has 0 aromatic heterocycles. The number of hydrogen-bond acceptors (Lipinski definition) is 3. The molecule has 0 unspecified atom stereocenters. The Morgan fingerprint density at radius 3 is 1.29 bits per heavy atom. The first-order valence-corrected chi connectivity index (χ1v) is 17.2. The first-order valence-electron chi connectivity index (χ1n) is 15.2. The summed E-state index contributed by atoms with van der Waals surface area (Å²) in [5.74, 6) is 1.61. The molecule has 0 saturated carbocycles. The van der Waals surface area contributed by atoms with Crippen molar-refractivity contribution in [3.8, 4) is 44.9 Å². The molecule has 0 atom stereocenters. The van der Waals surface area contributed by atoms with Crippen molar-refractivity contribution in [2.24, 2.45) is 0 Å². The minimum Gasteiger partial charge on any atom is -0.277 e. The van der Waals surface area contributed by atoms with Crippen LogP contribution in [0, 0.1) is 27.7 Å². The van der Waals surface area contributed by atoms with Crippen LogP contribution in [0.5, 0.6) is 11.5 Å². The smallest absolute Gasteiger partial charge is 0.277 e. The molecule has 4 heteroatoms. The molecule has 7 rings (SSSR count). The van der Waals surface area contributed by atoms with Crippen molar-refractivity contribution in [1.29, 1.82) is 0 Å². The monoisotopic (exact) mass is 563 g/mol. The van der Waals surface area contributed by atoms with Crippen LogP contribution in [0.4, 0.5) is 0 Å². The topological polar surface area (TPSA) is 38.7 Å². The van der Waals surface area contributed by atoms with Crippen LogP contribution >= 0.6 is 7.94 Å². The fourth-order valence-corrected chi connectivity index (χ4v) is 8.63. The predicted molar refractivity (Wildman–Crippen MR) is 171 cm³/mol. The highest BCUT2D eigenvalue weighted by Crippen LogP contribution is 2.65. The number of rotatable bonds is 2. The van der Waals surface area contributed by atoms with Gasteiger partial charge in [0.2, 0.25) is 0 Å². The second-order valence-corrected chi connectivity index (χ2v) is 14.7. The lowest BCUT2D eigenvalue weighted by Crippen LogP contribution is -2.10.